The first-order valence-corrected chi connectivity index (χ1v) is 11.2. The highest BCUT2D eigenvalue weighted by Gasteiger charge is 2.20. The van der Waals surface area contributed by atoms with E-state index in [-0.39, 0.29) is 30.2 Å². The Labute approximate surface area is 186 Å². The van der Waals surface area contributed by atoms with Crippen LogP contribution in [0.4, 0.5) is 0 Å². The number of thioether (sulfide) groups is 1. The average Bonchev–Trinajstić information content (AvgIpc) is 3.20. The number of benzene rings is 2. The van der Waals surface area contributed by atoms with Crippen LogP contribution < -0.4 is 5.32 Å². The Morgan fingerprint density at radius 1 is 1.03 bits per heavy atom. The van der Waals surface area contributed by atoms with Crippen molar-refractivity contribution >= 4 is 23.6 Å². The second-order valence-electron chi connectivity index (χ2n) is 7.26. The van der Waals surface area contributed by atoms with E-state index in [1.807, 2.05) is 86.0 Å². The highest BCUT2D eigenvalue weighted by atomic mass is 32.2. The van der Waals surface area contributed by atoms with Crippen molar-refractivity contribution in [2.24, 2.45) is 0 Å². The van der Waals surface area contributed by atoms with E-state index in [0.717, 1.165) is 11.3 Å². The van der Waals surface area contributed by atoms with Gasteiger partial charge in [-0.3, -0.25) is 14.2 Å². The number of nitrogens with zero attached hydrogens (tertiary/aromatic N) is 4. The Balaban J connectivity index is 1.79. The molecule has 0 bridgehead atoms. The van der Waals surface area contributed by atoms with Crippen LogP contribution in [0.3, 0.4) is 0 Å². The SMILES string of the molecule is CCN(CC(=O)NC(C)C)C(=O)CSc1nnc(-c2ccccc2)n1-c1ccccc1. The van der Waals surface area contributed by atoms with Gasteiger partial charge in [0.15, 0.2) is 11.0 Å². The molecule has 0 saturated carbocycles. The molecule has 0 radical (unpaired) electrons. The third-order valence-corrected chi connectivity index (χ3v) is 5.44. The summed E-state index contributed by atoms with van der Waals surface area (Å²) in [5.41, 5.74) is 1.86. The largest absolute Gasteiger partial charge is 0.352 e. The predicted octanol–water partition coefficient (Wildman–Crippen LogP) is 3.40. The van der Waals surface area contributed by atoms with Crippen molar-refractivity contribution in [1.82, 2.24) is 25.0 Å². The van der Waals surface area contributed by atoms with E-state index in [1.165, 1.54) is 11.8 Å². The van der Waals surface area contributed by atoms with E-state index in [0.29, 0.717) is 17.5 Å². The average molecular weight is 438 g/mol. The number of hydrogen-bond donors (Lipinski definition) is 1. The molecule has 2 amide bonds. The Morgan fingerprint density at radius 2 is 1.68 bits per heavy atom. The summed E-state index contributed by atoms with van der Waals surface area (Å²) in [6.07, 6.45) is 0. The number of carbonyl (C=O) groups is 2. The van der Waals surface area contributed by atoms with Crippen LogP contribution in [0.25, 0.3) is 17.1 Å². The summed E-state index contributed by atoms with van der Waals surface area (Å²) >= 11 is 1.32. The summed E-state index contributed by atoms with van der Waals surface area (Å²) in [4.78, 5) is 26.4. The van der Waals surface area contributed by atoms with Crippen molar-refractivity contribution in [1.29, 1.82) is 0 Å². The van der Waals surface area contributed by atoms with Crippen molar-refractivity contribution in [3.63, 3.8) is 0 Å². The molecule has 7 nitrogen and oxygen atoms in total. The molecule has 1 N–H and O–H groups in total. The second-order valence-corrected chi connectivity index (χ2v) is 8.20. The van der Waals surface area contributed by atoms with Gasteiger partial charge >= 0.3 is 0 Å². The van der Waals surface area contributed by atoms with Crippen LogP contribution in [0.15, 0.2) is 65.8 Å². The van der Waals surface area contributed by atoms with Gasteiger partial charge < -0.3 is 10.2 Å². The van der Waals surface area contributed by atoms with Crippen LogP contribution in [0, 0.1) is 0 Å². The molecule has 0 unspecified atom stereocenters. The van der Waals surface area contributed by atoms with Gasteiger partial charge in [0, 0.05) is 23.8 Å². The topological polar surface area (TPSA) is 80.1 Å². The minimum absolute atomic E-state index is 0.0384. The summed E-state index contributed by atoms with van der Waals surface area (Å²) in [7, 11) is 0. The molecule has 0 aliphatic heterocycles. The molecule has 0 spiro atoms. The van der Waals surface area contributed by atoms with Gasteiger partial charge in [0.05, 0.1) is 12.3 Å². The van der Waals surface area contributed by atoms with Gasteiger partial charge in [-0.1, -0.05) is 60.3 Å². The van der Waals surface area contributed by atoms with Crippen LogP contribution in [0.1, 0.15) is 20.8 Å². The van der Waals surface area contributed by atoms with Gasteiger partial charge in [-0.25, -0.2) is 0 Å². The Kier molecular flexibility index (Phi) is 7.83. The first-order valence-electron chi connectivity index (χ1n) is 10.3. The third kappa shape index (κ3) is 5.95. The fraction of sp³-hybridized carbons (Fsp3) is 0.304. The number of para-hydroxylation sites is 1. The Morgan fingerprint density at radius 3 is 2.29 bits per heavy atom. The number of hydrogen-bond acceptors (Lipinski definition) is 5. The Bertz CT molecular complexity index is 1010. The van der Waals surface area contributed by atoms with E-state index in [2.05, 4.69) is 15.5 Å². The van der Waals surface area contributed by atoms with E-state index >= 15 is 0 Å². The van der Waals surface area contributed by atoms with Crippen LogP contribution >= 0.6 is 11.8 Å². The fourth-order valence-electron chi connectivity index (χ4n) is 3.08. The van der Waals surface area contributed by atoms with Gasteiger partial charge in [-0.05, 0) is 32.9 Å². The standard InChI is InChI=1S/C23H27N5O2S/c1-4-27(15-20(29)24-17(2)3)21(30)16-31-23-26-25-22(18-11-7-5-8-12-18)28(23)19-13-9-6-10-14-19/h5-14,17H,4,15-16H2,1-3H3,(H,24,29). The number of likely N-dealkylation sites (N-methyl/N-ethyl adjacent to an activating group) is 1. The highest BCUT2D eigenvalue weighted by molar-refractivity contribution is 7.99. The molecule has 31 heavy (non-hydrogen) atoms. The van der Waals surface area contributed by atoms with E-state index < -0.39 is 0 Å². The van der Waals surface area contributed by atoms with Crippen molar-refractivity contribution in [2.45, 2.75) is 32.0 Å². The summed E-state index contributed by atoms with van der Waals surface area (Å²) in [5.74, 6) is 0.609. The minimum Gasteiger partial charge on any atom is -0.352 e. The molecule has 2 aromatic carbocycles. The highest BCUT2D eigenvalue weighted by Crippen LogP contribution is 2.27. The Hall–Kier alpha value is -3.13. The lowest BCUT2D eigenvalue weighted by atomic mass is 10.2. The molecule has 0 aliphatic rings. The van der Waals surface area contributed by atoms with E-state index in [4.69, 9.17) is 0 Å². The fourth-order valence-corrected chi connectivity index (χ4v) is 3.94. The van der Waals surface area contributed by atoms with Crippen molar-refractivity contribution in [3.05, 3.63) is 60.7 Å². The lowest BCUT2D eigenvalue weighted by molar-refractivity contribution is -0.134. The summed E-state index contributed by atoms with van der Waals surface area (Å²) in [6.45, 7) is 6.17. The third-order valence-electron chi connectivity index (χ3n) is 4.52. The van der Waals surface area contributed by atoms with Gasteiger partial charge in [0.25, 0.3) is 0 Å². The van der Waals surface area contributed by atoms with E-state index in [1.54, 1.807) is 4.90 Å². The molecule has 0 fully saturated rings. The van der Waals surface area contributed by atoms with Crippen LogP contribution in [0.5, 0.6) is 0 Å². The van der Waals surface area contributed by atoms with Gasteiger partial charge in [0.2, 0.25) is 11.8 Å². The summed E-state index contributed by atoms with van der Waals surface area (Å²) in [5, 5.41) is 12.2. The maximum Gasteiger partial charge on any atom is 0.239 e. The molecule has 3 aromatic rings. The monoisotopic (exact) mass is 437 g/mol. The van der Waals surface area contributed by atoms with Crippen molar-refractivity contribution in [3.8, 4) is 17.1 Å². The lowest BCUT2D eigenvalue weighted by Crippen LogP contribution is -2.43. The molecule has 162 valence electrons. The molecular formula is C23H27N5O2S. The van der Waals surface area contributed by atoms with Gasteiger partial charge in [0.1, 0.15) is 0 Å². The first kappa shape index (κ1) is 22.6. The van der Waals surface area contributed by atoms with E-state index in [9.17, 15) is 9.59 Å². The number of rotatable bonds is 9. The number of carbonyl (C=O) groups excluding carboxylic acids is 2. The quantitative estimate of drug-likeness (QED) is 0.519. The lowest BCUT2D eigenvalue weighted by Gasteiger charge is -2.21. The van der Waals surface area contributed by atoms with Gasteiger partial charge in [-0.2, -0.15) is 0 Å². The molecule has 8 heteroatoms. The second kappa shape index (κ2) is 10.8. The zero-order valence-electron chi connectivity index (χ0n) is 18.0. The number of amides is 2. The van der Waals surface area contributed by atoms with Crippen LogP contribution in [-0.2, 0) is 9.59 Å². The molecular weight excluding hydrogens is 410 g/mol. The molecule has 0 aliphatic carbocycles. The molecule has 1 aromatic heterocycles. The summed E-state index contributed by atoms with van der Waals surface area (Å²) in [6, 6.07) is 19.7. The zero-order chi connectivity index (χ0) is 22.2. The molecule has 1 heterocycles. The van der Waals surface area contributed by atoms with Crippen molar-refractivity contribution < 1.29 is 9.59 Å². The smallest absolute Gasteiger partial charge is 0.239 e. The van der Waals surface area contributed by atoms with Crippen LogP contribution in [0.2, 0.25) is 0 Å². The maximum absolute atomic E-state index is 12.8. The molecule has 0 saturated heterocycles. The normalized spacial score (nSPS) is 10.8. The zero-order valence-corrected chi connectivity index (χ0v) is 18.8. The number of aromatic nitrogens is 3. The molecule has 3 rings (SSSR count). The number of nitrogens with one attached hydrogen (secondary N) is 1. The maximum atomic E-state index is 12.8. The van der Waals surface area contributed by atoms with Crippen LogP contribution in [-0.4, -0.2) is 56.4 Å². The minimum atomic E-state index is -0.158. The van der Waals surface area contributed by atoms with Gasteiger partial charge in [-0.15, -0.1) is 10.2 Å². The molecule has 0 atom stereocenters. The summed E-state index contributed by atoms with van der Waals surface area (Å²) < 4.78 is 1.95. The predicted molar refractivity (Wildman–Crippen MR) is 123 cm³/mol. The first-order chi connectivity index (χ1) is 15.0. The van der Waals surface area contributed by atoms with Crippen molar-refractivity contribution in [2.75, 3.05) is 18.8 Å².